The summed E-state index contributed by atoms with van der Waals surface area (Å²) < 4.78 is 10.6. The zero-order valence-electron chi connectivity index (χ0n) is 11.6. The number of rotatable bonds is 7. The standard InChI is InChI=1S/C14H17BrO5/c1-4-9(8(2)16)14(18)10-5-13(20-7-19-3)11(15)6-12(10)17/h5-6,9,17H,4,7H2,1-3H3. The molecule has 1 rings (SSSR count). The lowest BCUT2D eigenvalue weighted by Gasteiger charge is -2.14. The molecule has 0 fully saturated rings. The molecule has 0 spiro atoms. The lowest BCUT2D eigenvalue weighted by atomic mass is 9.91. The van der Waals surface area contributed by atoms with E-state index in [1.54, 1.807) is 6.92 Å². The van der Waals surface area contributed by atoms with Crippen molar-refractivity contribution in [2.24, 2.45) is 5.92 Å². The van der Waals surface area contributed by atoms with Crippen molar-refractivity contribution in [2.45, 2.75) is 20.3 Å². The fraction of sp³-hybridized carbons (Fsp3) is 0.429. The first-order chi connectivity index (χ1) is 9.42. The van der Waals surface area contributed by atoms with Gasteiger partial charge in [0.2, 0.25) is 0 Å². The number of phenolic OH excluding ortho intramolecular Hbond substituents is 1. The van der Waals surface area contributed by atoms with Crippen molar-refractivity contribution in [3.8, 4) is 11.5 Å². The summed E-state index contributed by atoms with van der Waals surface area (Å²) in [5, 5.41) is 9.89. The van der Waals surface area contributed by atoms with Gasteiger partial charge in [-0.25, -0.2) is 0 Å². The van der Waals surface area contributed by atoms with E-state index >= 15 is 0 Å². The van der Waals surface area contributed by atoms with E-state index in [9.17, 15) is 14.7 Å². The Morgan fingerprint density at radius 3 is 2.55 bits per heavy atom. The first-order valence-electron chi connectivity index (χ1n) is 6.11. The van der Waals surface area contributed by atoms with Crippen LogP contribution in [0.3, 0.4) is 0 Å². The van der Waals surface area contributed by atoms with Crippen molar-refractivity contribution in [1.82, 2.24) is 0 Å². The number of benzene rings is 1. The summed E-state index contributed by atoms with van der Waals surface area (Å²) in [6.07, 6.45) is 0.387. The SMILES string of the molecule is CCC(C(C)=O)C(=O)c1cc(OCOC)c(Br)cc1O. The van der Waals surface area contributed by atoms with E-state index in [2.05, 4.69) is 15.9 Å². The summed E-state index contributed by atoms with van der Waals surface area (Å²) in [4.78, 5) is 23.8. The summed E-state index contributed by atoms with van der Waals surface area (Å²) in [5.41, 5.74) is 0.0707. The lowest BCUT2D eigenvalue weighted by molar-refractivity contribution is -0.119. The second-order valence-corrected chi connectivity index (χ2v) is 5.14. The first kappa shape index (κ1) is 16.7. The van der Waals surface area contributed by atoms with Gasteiger partial charge in [-0.05, 0) is 41.4 Å². The smallest absolute Gasteiger partial charge is 0.188 e. The molecular weight excluding hydrogens is 328 g/mol. The largest absolute Gasteiger partial charge is 0.507 e. The Bertz CT molecular complexity index is 513. The summed E-state index contributed by atoms with van der Waals surface area (Å²) in [6.45, 7) is 3.13. The highest BCUT2D eigenvalue weighted by molar-refractivity contribution is 9.10. The van der Waals surface area contributed by atoms with Crippen LogP contribution in [0.15, 0.2) is 16.6 Å². The number of ketones is 2. The molecule has 20 heavy (non-hydrogen) atoms. The van der Waals surface area contributed by atoms with Crippen molar-refractivity contribution >= 4 is 27.5 Å². The first-order valence-corrected chi connectivity index (χ1v) is 6.90. The number of carbonyl (C=O) groups excluding carboxylic acids is 2. The highest BCUT2D eigenvalue weighted by atomic mass is 79.9. The van der Waals surface area contributed by atoms with Crippen LogP contribution in [-0.4, -0.2) is 30.6 Å². The van der Waals surface area contributed by atoms with E-state index in [4.69, 9.17) is 9.47 Å². The van der Waals surface area contributed by atoms with Crippen LogP contribution in [0.25, 0.3) is 0 Å². The number of hydrogen-bond acceptors (Lipinski definition) is 5. The van der Waals surface area contributed by atoms with Crippen LogP contribution in [0.4, 0.5) is 0 Å². The zero-order chi connectivity index (χ0) is 15.3. The number of Topliss-reactive ketones (excluding diaryl/α,β-unsaturated/α-hetero) is 2. The van der Waals surface area contributed by atoms with Crippen LogP contribution in [0.5, 0.6) is 11.5 Å². The molecular formula is C14H17BrO5. The van der Waals surface area contributed by atoms with E-state index in [0.29, 0.717) is 16.6 Å². The van der Waals surface area contributed by atoms with Gasteiger partial charge in [-0.1, -0.05) is 6.92 Å². The van der Waals surface area contributed by atoms with E-state index in [1.807, 2.05) is 0 Å². The predicted octanol–water partition coefficient (Wildman–Crippen LogP) is 2.94. The van der Waals surface area contributed by atoms with E-state index in [0.717, 1.165) is 0 Å². The molecule has 0 amide bonds. The second-order valence-electron chi connectivity index (χ2n) is 4.29. The minimum atomic E-state index is -0.752. The van der Waals surface area contributed by atoms with Gasteiger partial charge >= 0.3 is 0 Å². The van der Waals surface area contributed by atoms with Crippen molar-refractivity contribution in [3.05, 3.63) is 22.2 Å². The van der Waals surface area contributed by atoms with Gasteiger partial charge in [-0.2, -0.15) is 0 Å². The number of carbonyl (C=O) groups is 2. The van der Waals surface area contributed by atoms with Crippen LogP contribution in [-0.2, 0) is 9.53 Å². The molecule has 0 saturated heterocycles. The fourth-order valence-corrected chi connectivity index (χ4v) is 2.26. The molecule has 0 saturated carbocycles. The fourth-order valence-electron chi connectivity index (χ4n) is 1.82. The molecule has 1 aromatic rings. The second kappa shape index (κ2) is 7.40. The summed E-state index contributed by atoms with van der Waals surface area (Å²) in [7, 11) is 1.48. The van der Waals surface area contributed by atoms with Gasteiger partial charge in [0.25, 0.3) is 0 Å². The van der Waals surface area contributed by atoms with E-state index in [-0.39, 0.29) is 23.9 Å². The Labute approximate surface area is 126 Å². The van der Waals surface area contributed by atoms with Gasteiger partial charge in [0.05, 0.1) is 16.0 Å². The predicted molar refractivity (Wildman–Crippen MR) is 77.1 cm³/mol. The Hall–Kier alpha value is -1.40. The maximum absolute atomic E-state index is 12.3. The molecule has 1 atom stereocenters. The number of ether oxygens (including phenoxy) is 2. The minimum absolute atomic E-state index is 0.0148. The molecule has 0 heterocycles. The number of aromatic hydroxyl groups is 1. The highest BCUT2D eigenvalue weighted by Gasteiger charge is 2.26. The molecule has 5 nitrogen and oxygen atoms in total. The molecule has 1 N–H and O–H groups in total. The average molecular weight is 345 g/mol. The Kier molecular flexibility index (Phi) is 6.16. The third-order valence-electron chi connectivity index (χ3n) is 2.86. The van der Waals surface area contributed by atoms with Gasteiger partial charge in [0, 0.05) is 7.11 Å². The molecule has 110 valence electrons. The Morgan fingerprint density at radius 1 is 1.40 bits per heavy atom. The van der Waals surface area contributed by atoms with Crippen molar-refractivity contribution in [3.63, 3.8) is 0 Å². The van der Waals surface area contributed by atoms with E-state index in [1.165, 1.54) is 26.2 Å². The monoisotopic (exact) mass is 344 g/mol. The maximum Gasteiger partial charge on any atom is 0.188 e. The molecule has 1 aromatic carbocycles. The Balaban J connectivity index is 3.16. The number of hydrogen-bond donors (Lipinski definition) is 1. The van der Waals surface area contributed by atoms with Crippen LogP contribution in [0, 0.1) is 5.92 Å². The number of halogens is 1. The third kappa shape index (κ3) is 3.80. The van der Waals surface area contributed by atoms with E-state index < -0.39 is 11.7 Å². The number of methoxy groups -OCH3 is 1. The van der Waals surface area contributed by atoms with Crippen LogP contribution in [0.1, 0.15) is 30.6 Å². The molecule has 0 aliphatic carbocycles. The lowest BCUT2D eigenvalue weighted by Crippen LogP contribution is -2.21. The highest BCUT2D eigenvalue weighted by Crippen LogP contribution is 2.34. The Morgan fingerprint density at radius 2 is 2.05 bits per heavy atom. The van der Waals surface area contributed by atoms with Crippen molar-refractivity contribution in [2.75, 3.05) is 13.9 Å². The van der Waals surface area contributed by atoms with Gasteiger partial charge in [-0.3, -0.25) is 9.59 Å². The summed E-state index contributed by atoms with van der Waals surface area (Å²) in [6, 6.07) is 2.78. The zero-order valence-corrected chi connectivity index (χ0v) is 13.2. The van der Waals surface area contributed by atoms with Gasteiger partial charge in [-0.15, -0.1) is 0 Å². The topological polar surface area (TPSA) is 72.8 Å². The quantitative estimate of drug-likeness (QED) is 0.467. The van der Waals surface area contributed by atoms with Crippen molar-refractivity contribution < 1.29 is 24.2 Å². The molecule has 6 heteroatoms. The van der Waals surface area contributed by atoms with Crippen LogP contribution in [0.2, 0.25) is 0 Å². The summed E-state index contributed by atoms with van der Waals surface area (Å²) >= 11 is 3.22. The molecule has 0 radical (unpaired) electrons. The molecule has 0 aliphatic rings. The number of phenols is 1. The molecule has 1 unspecified atom stereocenters. The van der Waals surface area contributed by atoms with Crippen molar-refractivity contribution in [1.29, 1.82) is 0 Å². The van der Waals surface area contributed by atoms with Crippen LogP contribution >= 0.6 is 15.9 Å². The van der Waals surface area contributed by atoms with Gasteiger partial charge in [0.15, 0.2) is 12.6 Å². The summed E-state index contributed by atoms with van der Waals surface area (Å²) in [5.74, 6) is -1.21. The van der Waals surface area contributed by atoms with Gasteiger partial charge < -0.3 is 14.6 Å². The maximum atomic E-state index is 12.3. The minimum Gasteiger partial charge on any atom is -0.507 e. The average Bonchev–Trinajstić information content (AvgIpc) is 2.38. The normalized spacial score (nSPS) is 12.0. The molecule has 0 bridgehead atoms. The molecule has 0 aliphatic heterocycles. The molecule has 0 aromatic heterocycles. The third-order valence-corrected chi connectivity index (χ3v) is 3.48. The van der Waals surface area contributed by atoms with Gasteiger partial charge in [0.1, 0.15) is 17.3 Å². The van der Waals surface area contributed by atoms with Crippen LogP contribution < -0.4 is 4.74 Å².